The molecule has 1 aliphatic carbocycles. The number of hydrogen-bond acceptors (Lipinski definition) is 2. The van der Waals surface area contributed by atoms with Crippen molar-refractivity contribution in [2.24, 2.45) is 52.3 Å². The number of hydrogen-bond donors (Lipinski definition) is 0. The predicted octanol–water partition coefficient (Wildman–Crippen LogP) is 8.39. The summed E-state index contributed by atoms with van der Waals surface area (Å²) < 4.78 is 6.04. The largest absolute Gasteiger partial charge is 0.465 e. The zero-order valence-electron chi connectivity index (χ0n) is 22.3. The van der Waals surface area contributed by atoms with Crippen molar-refractivity contribution in [2.75, 3.05) is 6.61 Å². The first kappa shape index (κ1) is 27.5. The minimum Gasteiger partial charge on any atom is -0.465 e. The maximum absolute atomic E-state index is 13.0. The van der Waals surface area contributed by atoms with E-state index >= 15 is 0 Å². The zero-order chi connectivity index (χ0) is 23.3. The van der Waals surface area contributed by atoms with Crippen molar-refractivity contribution in [3.63, 3.8) is 0 Å². The SMILES string of the molecule is CC1CC(C)C(C)C(C(=O)OCC(CCC(C)CC(C)(C)C)C(C)CC(C)(C)C)C1. The van der Waals surface area contributed by atoms with Gasteiger partial charge in [-0.05, 0) is 78.4 Å². The van der Waals surface area contributed by atoms with Crippen LogP contribution >= 0.6 is 0 Å². The van der Waals surface area contributed by atoms with Crippen LogP contribution in [0, 0.1) is 52.3 Å². The van der Waals surface area contributed by atoms with E-state index in [1.165, 1.54) is 25.7 Å². The average molecular weight is 423 g/mol. The van der Waals surface area contributed by atoms with E-state index < -0.39 is 0 Å². The van der Waals surface area contributed by atoms with Gasteiger partial charge in [0.05, 0.1) is 12.5 Å². The molecule has 0 radical (unpaired) electrons. The molecule has 1 rings (SSSR count). The maximum Gasteiger partial charge on any atom is 0.309 e. The molecule has 0 aromatic carbocycles. The lowest BCUT2D eigenvalue weighted by Crippen LogP contribution is -2.36. The number of carbonyl (C=O) groups is 1. The third kappa shape index (κ3) is 10.2. The first-order valence-electron chi connectivity index (χ1n) is 12.8. The summed E-state index contributed by atoms with van der Waals surface area (Å²) in [5.74, 6) is 3.57. The Labute approximate surface area is 189 Å². The van der Waals surface area contributed by atoms with Crippen LogP contribution in [0.15, 0.2) is 0 Å². The van der Waals surface area contributed by atoms with Crippen LogP contribution in [-0.4, -0.2) is 12.6 Å². The van der Waals surface area contributed by atoms with Crippen LogP contribution in [0.4, 0.5) is 0 Å². The second-order valence-corrected chi connectivity index (χ2v) is 13.6. The minimum atomic E-state index is 0.0663. The molecule has 1 aliphatic rings. The molecule has 0 saturated heterocycles. The first-order chi connectivity index (χ1) is 13.6. The molecule has 7 unspecified atom stereocenters. The van der Waals surface area contributed by atoms with E-state index in [0.717, 1.165) is 12.8 Å². The van der Waals surface area contributed by atoms with Gasteiger partial charge < -0.3 is 4.74 Å². The predicted molar refractivity (Wildman–Crippen MR) is 130 cm³/mol. The van der Waals surface area contributed by atoms with Crippen LogP contribution in [-0.2, 0) is 9.53 Å². The Bertz CT molecular complexity index is 510. The first-order valence-corrected chi connectivity index (χ1v) is 12.8. The fraction of sp³-hybridized carbons (Fsp3) is 0.964. The molecule has 0 bridgehead atoms. The summed E-state index contributed by atoms with van der Waals surface area (Å²) in [6.07, 6.45) is 7.05. The molecule has 0 aromatic rings. The monoisotopic (exact) mass is 422 g/mol. The van der Waals surface area contributed by atoms with Crippen molar-refractivity contribution in [1.82, 2.24) is 0 Å². The van der Waals surface area contributed by atoms with Crippen LogP contribution < -0.4 is 0 Å². The third-order valence-corrected chi connectivity index (χ3v) is 7.44. The second kappa shape index (κ2) is 11.4. The lowest BCUT2D eigenvalue weighted by atomic mass is 9.70. The molecule has 7 atom stereocenters. The number of rotatable bonds is 9. The van der Waals surface area contributed by atoms with Gasteiger partial charge in [0.15, 0.2) is 0 Å². The molecule has 2 heteroatoms. The Morgan fingerprint density at radius 2 is 1.47 bits per heavy atom. The molecule has 178 valence electrons. The summed E-state index contributed by atoms with van der Waals surface area (Å²) in [7, 11) is 0. The Morgan fingerprint density at radius 1 is 0.900 bits per heavy atom. The highest BCUT2D eigenvalue weighted by Crippen LogP contribution is 2.39. The Morgan fingerprint density at radius 3 is 2.00 bits per heavy atom. The standard InChI is InChI=1S/C28H54O2/c1-19(16-27(6,7)8)12-13-24(22(4)17-28(9,10)11)18-30-26(29)25-15-20(2)14-21(3)23(25)5/h19-25H,12-18H2,1-11H3. The lowest BCUT2D eigenvalue weighted by molar-refractivity contribution is -0.155. The molecule has 30 heavy (non-hydrogen) atoms. The number of esters is 1. The Kier molecular flexibility index (Phi) is 10.4. The van der Waals surface area contributed by atoms with Crippen LogP contribution in [0.25, 0.3) is 0 Å². The highest BCUT2D eigenvalue weighted by molar-refractivity contribution is 5.73. The zero-order valence-corrected chi connectivity index (χ0v) is 22.3. The quantitative estimate of drug-likeness (QED) is 0.349. The van der Waals surface area contributed by atoms with Gasteiger partial charge in [-0.3, -0.25) is 4.79 Å². The van der Waals surface area contributed by atoms with E-state index in [-0.39, 0.29) is 11.9 Å². The normalized spacial score (nSPS) is 28.6. The molecule has 0 N–H and O–H groups in total. The van der Waals surface area contributed by atoms with Gasteiger partial charge in [0.25, 0.3) is 0 Å². The van der Waals surface area contributed by atoms with Gasteiger partial charge in [-0.2, -0.15) is 0 Å². The van der Waals surface area contributed by atoms with Crippen molar-refractivity contribution in [2.45, 2.75) is 115 Å². The topological polar surface area (TPSA) is 26.3 Å². The van der Waals surface area contributed by atoms with E-state index in [1.807, 2.05) is 0 Å². The summed E-state index contributed by atoms with van der Waals surface area (Å²) in [5.41, 5.74) is 0.685. The van der Waals surface area contributed by atoms with E-state index in [0.29, 0.717) is 52.9 Å². The van der Waals surface area contributed by atoms with Crippen molar-refractivity contribution >= 4 is 5.97 Å². The molecular weight excluding hydrogens is 368 g/mol. The molecule has 0 aliphatic heterocycles. The smallest absolute Gasteiger partial charge is 0.309 e. The summed E-state index contributed by atoms with van der Waals surface area (Å²) in [5, 5.41) is 0. The summed E-state index contributed by atoms with van der Waals surface area (Å²) in [6, 6.07) is 0. The van der Waals surface area contributed by atoms with Gasteiger partial charge in [0, 0.05) is 0 Å². The van der Waals surface area contributed by atoms with Crippen LogP contribution in [0.5, 0.6) is 0 Å². The Hall–Kier alpha value is -0.530. The van der Waals surface area contributed by atoms with Gasteiger partial charge in [0.1, 0.15) is 0 Å². The highest BCUT2D eigenvalue weighted by Gasteiger charge is 2.37. The van der Waals surface area contributed by atoms with Crippen LogP contribution in [0.1, 0.15) is 115 Å². The third-order valence-electron chi connectivity index (χ3n) is 7.44. The summed E-state index contributed by atoms with van der Waals surface area (Å²) >= 11 is 0. The van der Waals surface area contributed by atoms with Crippen LogP contribution in [0.2, 0.25) is 0 Å². The maximum atomic E-state index is 13.0. The molecule has 0 aromatic heterocycles. The molecule has 0 heterocycles. The molecule has 1 saturated carbocycles. The molecule has 0 spiro atoms. The van der Waals surface area contributed by atoms with Crippen LogP contribution in [0.3, 0.4) is 0 Å². The van der Waals surface area contributed by atoms with Crippen molar-refractivity contribution in [3.8, 4) is 0 Å². The van der Waals surface area contributed by atoms with E-state index in [4.69, 9.17) is 4.74 Å². The molecule has 0 amide bonds. The van der Waals surface area contributed by atoms with Gasteiger partial charge in [-0.1, -0.05) is 82.6 Å². The van der Waals surface area contributed by atoms with Gasteiger partial charge >= 0.3 is 5.97 Å². The summed E-state index contributed by atoms with van der Waals surface area (Å²) in [6.45, 7) is 26.1. The fourth-order valence-electron chi connectivity index (χ4n) is 5.91. The van der Waals surface area contributed by atoms with E-state index in [1.54, 1.807) is 0 Å². The fourth-order valence-corrected chi connectivity index (χ4v) is 5.91. The molecule has 2 nitrogen and oxygen atoms in total. The van der Waals surface area contributed by atoms with Gasteiger partial charge in [-0.15, -0.1) is 0 Å². The van der Waals surface area contributed by atoms with Crippen molar-refractivity contribution in [1.29, 1.82) is 0 Å². The van der Waals surface area contributed by atoms with Gasteiger partial charge in [-0.25, -0.2) is 0 Å². The lowest BCUT2D eigenvalue weighted by Gasteiger charge is -2.37. The number of ether oxygens (including phenoxy) is 1. The molecule has 1 fully saturated rings. The molecular formula is C28H54O2. The van der Waals surface area contributed by atoms with Crippen molar-refractivity contribution in [3.05, 3.63) is 0 Å². The van der Waals surface area contributed by atoms with Crippen molar-refractivity contribution < 1.29 is 9.53 Å². The average Bonchev–Trinajstić information content (AvgIpc) is 2.54. The van der Waals surface area contributed by atoms with E-state index in [2.05, 4.69) is 76.2 Å². The Balaban J connectivity index is 2.73. The minimum absolute atomic E-state index is 0.0663. The second-order valence-electron chi connectivity index (χ2n) is 13.6. The van der Waals surface area contributed by atoms with E-state index in [9.17, 15) is 4.79 Å². The van der Waals surface area contributed by atoms with Gasteiger partial charge in [0.2, 0.25) is 0 Å². The number of carbonyl (C=O) groups excluding carboxylic acids is 1. The highest BCUT2D eigenvalue weighted by atomic mass is 16.5. The summed E-state index contributed by atoms with van der Waals surface area (Å²) in [4.78, 5) is 13.0.